The quantitative estimate of drug-likeness (QED) is 0.372. The summed E-state index contributed by atoms with van der Waals surface area (Å²) in [6.45, 7) is 9.57. The number of thioether (sulfide) groups is 1. The minimum atomic E-state index is -3.63. The van der Waals surface area contributed by atoms with Crippen LogP contribution in [-0.4, -0.2) is 22.3 Å². The van der Waals surface area contributed by atoms with Crippen LogP contribution in [0.1, 0.15) is 46.5 Å². The summed E-state index contributed by atoms with van der Waals surface area (Å²) >= 11 is 1.52. The summed E-state index contributed by atoms with van der Waals surface area (Å²) in [5.41, 5.74) is 3.43. The van der Waals surface area contributed by atoms with Gasteiger partial charge >= 0.3 is 0 Å². The van der Waals surface area contributed by atoms with Crippen molar-refractivity contribution in [2.45, 2.75) is 45.8 Å². The summed E-state index contributed by atoms with van der Waals surface area (Å²) in [5.74, 6) is 0.109. The average molecular weight is 479 g/mol. The van der Waals surface area contributed by atoms with Crippen molar-refractivity contribution in [1.29, 1.82) is 0 Å². The van der Waals surface area contributed by atoms with E-state index in [0.717, 1.165) is 22.3 Å². The van der Waals surface area contributed by atoms with Gasteiger partial charge in [-0.2, -0.15) is 11.8 Å². The van der Waals surface area contributed by atoms with Crippen LogP contribution in [0.5, 0.6) is 0 Å². The molecule has 3 rings (SSSR count). The lowest BCUT2D eigenvalue weighted by Crippen LogP contribution is -2.30. The number of aryl methyl sites for hydroxylation is 2. The predicted molar refractivity (Wildman–Crippen MR) is 141 cm³/mol. The Balaban J connectivity index is 2.21. The summed E-state index contributed by atoms with van der Waals surface area (Å²) < 4.78 is 14.1. The molecule has 0 saturated carbocycles. The standard InChI is InChI=1S/C28H31O3PS/c1-19-17-20(2)26(21(3)24(19)18-25(29)28(4,5)33-6)27(30)32(31,22-13-9-7-10-14-22)23-15-11-8-12-16-23/h7-17H,18H2,1-6H3. The Morgan fingerprint density at radius 1 is 0.848 bits per heavy atom. The van der Waals surface area contributed by atoms with Crippen molar-refractivity contribution in [2.75, 3.05) is 6.26 Å². The fourth-order valence-corrected chi connectivity index (χ4v) is 7.04. The second-order valence-corrected chi connectivity index (χ2v) is 13.0. The Morgan fingerprint density at radius 2 is 1.33 bits per heavy atom. The number of hydrogen-bond donors (Lipinski definition) is 0. The maximum atomic E-state index is 14.6. The summed E-state index contributed by atoms with van der Waals surface area (Å²) in [6, 6.07) is 19.9. The van der Waals surface area contributed by atoms with Gasteiger partial charge in [0.2, 0.25) is 12.7 Å². The van der Waals surface area contributed by atoms with Crippen LogP contribution in [-0.2, 0) is 15.8 Å². The molecule has 0 aromatic heterocycles. The fraction of sp³-hybridized carbons (Fsp3) is 0.286. The van der Waals surface area contributed by atoms with Crippen LogP contribution in [0.4, 0.5) is 0 Å². The first kappa shape index (κ1) is 25.2. The van der Waals surface area contributed by atoms with Crippen LogP contribution < -0.4 is 10.6 Å². The third kappa shape index (κ3) is 4.78. The minimum absolute atomic E-state index is 0.109. The van der Waals surface area contributed by atoms with Crippen molar-refractivity contribution in [2.24, 2.45) is 0 Å². The highest BCUT2D eigenvalue weighted by molar-refractivity contribution is 8.00. The topological polar surface area (TPSA) is 51.2 Å². The van der Waals surface area contributed by atoms with E-state index >= 15 is 0 Å². The molecule has 0 unspecified atom stereocenters. The Kier molecular flexibility index (Phi) is 7.51. The smallest absolute Gasteiger partial charge is 0.230 e. The Bertz CT molecular complexity index is 1190. The molecule has 3 nitrogen and oxygen atoms in total. The molecular formula is C28H31O3PS. The van der Waals surface area contributed by atoms with Crippen LogP contribution in [0.3, 0.4) is 0 Å². The molecule has 3 aromatic rings. The van der Waals surface area contributed by atoms with Crippen LogP contribution in [0.2, 0.25) is 0 Å². The summed E-state index contributed by atoms with van der Waals surface area (Å²) in [4.78, 5) is 27.2. The highest BCUT2D eigenvalue weighted by Gasteiger charge is 2.38. The molecule has 0 bridgehead atoms. The first-order valence-corrected chi connectivity index (χ1v) is 13.9. The lowest BCUT2D eigenvalue weighted by atomic mass is 9.89. The van der Waals surface area contributed by atoms with Crippen molar-refractivity contribution in [3.8, 4) is 0 Å². The zero-order chi connectivity index (χ0) is 24.4. The van der Waals surface area contributed by atoms with Gasteiger partial charge in [-0.25, -0.2) is 0 Å². The summed E-state index contributed by atoms with van der Waals surface area (Å²) in [5, 5.41) is 1.03. The summed E-state index contributed by atoms with van der Waals surface area (Å²) in [7, 11) is -3.63. The molecule has 0 amide bonds. The second-order valence-electron chi connectivity index (χ2n) is 8.89. The molecule has 0 atom stereocenters. The van der Waals surface area contributed by atoms with Gasteiger partial charge in [0.05, 0.1) is 4.75 Å². The van der Waals surface area contributed by atoms with E-state index in [1.807, 2.05) is 83.3 Å². The van der Waals surface area contributed by atoms with Crippen LogP contribution in [0.15, 0.2) is 66.7 Å². The van der Waals surface area contributed by atoms with Crippen molar-refractivity contribution >= 4 is 40.8 Å². The molecule has 0 aliphatic rings. The van der Waals surface area contributed by atoms with E-state index in [9.17, 15) is 14.2 Å². The SMILES string of the molecule is CSC(C)(C)C(=O)Cc1c(C)cc(C)c(C(=O)P(=O)(c2ccccc2)c2ccccc2)c1C. The first-order valence-electron chi connectivity index (χ1n) is 11.0. The molecule has 3 aromatic carbocycles. The molecule has 0 spiro atoms. The number of hydrogen-bond acceptors (Lipinski definition) is 4. The molecule has 0 aliphatic heterocycles. The van der Waals surface area contributed by atoms with Gasteiger partial charge in [-0.05, 0) is 63.1 Å². The minimum Gasteiger partial charge on any atom is -0.305 e. The molecule has 0 aliphatic carbocycles. The van der Waals surface area contributed by atoms with E-state index in [0.29, 0.717) is 16.2 Å². The average Bonchev–Trinajstić information content (AvgIpc) is 2.81. The lowest BCUT2D eigenvalue weighted by Gasteiger charge is -2.24. The molecule has 0 heterocycles. The molecule has 33 heavy (non-hydrogen) atoms. The van der Waals surface area contributed by atoms with E-state index in [-0.39, 0.29) is 17.7 Å². The highest BCUT2D eigenvalue weighted by Crippen LogP contribution is 2.48. The van der Waals surface area contributed by atoms with Crippen molar-refractivity contribution in [1.82, 2.24) is 0 Å². The number of Topliss-reactive ketones (excluding diaryl/α,β-unsaturated/α-hetero) is 1. The van der Waals surface area contributed by atoms with E-state index < -0.39 is 11.9 Å². The van der Waals surface area contributed by atoms with Crippen molar-refractivity contribution < 1.29 is 14.2 Å². The number of rotatable bonds is 8. The maximum Gasteiger partial charge on any atom is 0.230 e. The van der Waals surface area contributed by atoms with Crippen LogP contribution >= 0.6 is 18.9 Å². The zero-order valence-corrected chi connectivity index (χ0v) is 21.8. The molecule has 0 fully saturated rings. The van der Waals surface area contributed by atoms with Gasteiger partial charge in [-0.1, -0.05) is 66.7 Å². The van der Waals surface area contributed by atoms with Gasteiger partial charge < -0.3 is 4.57 Å². The van der Waals surface area contributed by atoms with Gasteiger partial charge in [-0.3, -0.25) is 9.59 Å². The highest BCUT2D eigenvalue weighted by atomic mass is 32.2. The largest absolute Gasteiger partial charge is 0.305 e. The first-order chi connectivity index (χ1) is 15.5. The van der Waals surface area contributed by atoms with Gasteiger partial charge in [0.25, 0.3) is 0 Å². The third-order valence-corrected chi connectivity index (χ3v) is 10.5. The maximum absolute atomic E-state index is 14.6. The zero-order valence-electron chi connectivity index (χ0n) is 20.1. The molecule has 172 valence electrons. The van der Waals surface area contributed by atoms with Gasteiger partial charge in [0, 0.05) is 22.6 Å². The van der Waals surface area contributed by atoms with Gasteiger partial charge in [0.15, 0.2) is 5.78 Å². The molecule has 0 saturated heterocycles. The Hall–Kier alpha value is -2.42. The normalized spacial score (nSPS) is 11.9. The predicted octanol–water partition coefficient (Wildman–Crippen LogP) is 6.02. The van der Waals surface area contributed by atoms with E-state index in [1.54, 1.807) is 24.3 Å². The van der Waals surface area contributed by atoms with Crippen molar-refractivity contribution in [3.63, 3.8) is 0 Å². The Morgan fingerprint density at radius 3 is 1.79 bits per heavy atom. The van der Waals surface area contributed by atoms with Crippen LogP contribution in [0, 0.1) is 20.8 Å². The Labute approximate surface area is 201 Å². The molecule has 5 heteroatoms. The molecule has 0 N–H and O–H groups in total. The second kappa shape index (κ2) is 9.83. The van der Waals surface area contributed by atoms with Gasteiger partial charge in [-0.15, -0.1) is 0 Å². The van der Waals surface area contributed by atoms with Gasteiger partial charge in [0.1, 0.15) is 0 Å². The third-order valence-electron chi connectivity index (χ3n) is 6.39. The van der Waals surface area contributed by atoms with E-state index in [2.05, 4.69) is 0 Å². The van der Waals surface area contributed by atoms with Crippen molar-refractivity contribution in [3.05, 3.63) is 94.5 Å². The van der Waals surface area contributed by atoms with Crippen LogP contribution in [0.25, 0.3) is 0 Å². The number of carbonyl (C=O) groups is 2. The number of benzene rings is 3. The van der Waals surface area contributed by atoms with E-state index in [1.165, 1.54) is 11.8 Å². The number of ketones is 1. The fourth-order valence-electron chi connectivity index (χ4n) is 4.13. The monoisotopic (exact) mass is 478 g/mol. The lowest BCUT2D eigenvalue weighted by molar-refractivity contribution is -0.120. The number of carbonyl (C=O) groups excluding carboxylic acids is 2. The summed E-state index contributed by atoms with van der Waals surface area (Å²) in [6.07, 6.45) is 2.17. The van der Waals surface area contributed by atoms with E-state index in [4.69, 9.17) is 0 Å². The molecule has 0 radical (unpaired) electrons. The molecular weight excluding hydrogens is 447 g/mol.